The van der Waals surface area contributed by atoms with E-state index in [2.05, 4.69) is 125 Å². The van der Waals surface area contributed by atoms with Crippen LogP contribution in [-0.4, -0.2) is 25.6 Å². The number of fused-ring (bicyclic) bond motifs is 9. The second-order valence-corrected chi connectivity index (χ2v) is 14.8. The van der Waals surface area contributed by atoms with Crippen molar-refractivity contribution >= 4 is 60.7 Å². The van der Waals surface area contributed by atoms with Gasteiger partial charge < -0.3 is 9.32 Å². The molecule has 4 heterocycles. The molecule has 57 heavy (non-hydrogen) atoms. The highest BCUT2D eigenvalue weighted by molar-refractivity contribution is 6.12. The molecule has 0 saturated carbocycles. The predicted octanol–water partition coefficient (Wildman–Crippen LogP) is 12.7. The Morgan fingerprint density at radius 2 is 1.18 bits per heavy atom. The topological polar surface area (TPSA) is 60.0 Å². The molecule has 0 radical (unpaired) electrons. The van der Waals surface area contributed by atoms with Crippen molar-refractivity contribution in [2.45, 2.75) is 12.5 Å². The molecular weight excluding hydrogens is 699 g/mol. The first kappa shape index (κ1) is 31.7. The van der Waals surface area contributed by atoms with Crippen LogP contribution in [0.3, 0.4) is 0 Å². The lowest BCUT2D eigenvalue weighted by molar-refractivity contribution is 0.666. The molecule has 2 aliphatic rings. The molecule has 3 aromatic heterocycles. The molecule has 0 spiro atoms. The fourth-order valence-corrected chi connectivity index (χ4v) is 8.94. The molecule has 7 aromatic carbocycles. The number of nitrogens with zero attached hydrogens (tertiary/aromatic N) is 5. The molecule has 0 bridgehead atoms. The molecule has 1 aliphatic heterocycles. The van der Waals surface area contributed by atoms with Crippen molar-refractivity contribution in [1.82, 2.24) is 19.5 Å². The van der Waals surface area contributed by atoms with Crippen LogP contribution < -0.4 is 4.90 Å². The maximum atomic E-state index is 6.56. The van der Waals surface area contributed by atoms with Gasteiger partial charge in [0.2, 0.25) is 5.95 Å². The maximum Gasteiger partial charge on any atom is 0.238 e. The Hall–Kier alpha value is -7.57. The lowest BCUT2D eigenvalue weighted by Gasteiger charge is -2.28. The molecule has 0 saturated heterocycles. The summed E-state index contributed by atoms with van der Waals surface area (Å²) < 4.78 is 8.74. The van der Waals surface area contributed by atoms with Gasteiger partial charge in [-0.2, -0.15) is 9.97 Å². The number of allylic oxidation sites excluding steroid dienone is 2. The van der Waals surface area contributed by atoms with Gasteiger partial charge in [0.15, 0.2) is 17.2 Å². The van der Waals surface area contributed by atoms with Crippen molar-refractivity contribution < 1.29 is 4.42 Å². The van der Waals surface area contributed by atoms with Crippen LogP contribution in [0.25, 0.3) is 89.2 Å². The normalized spacial score (nSPS) is 14.8. The van der Waals surface area contributed by atoms with Crippen molar-refractivity contribution in [3.05, 3.63) is 188 Å². The number of hydrogen-bond acceptors (Lipinski definition) is 5. The molecule has 1 unspecified atom stereocenters. The minimum atomic E-state index is 0.182. The summed E-state index contributed by atoms with van der Waals surface area (Å²) in [5, 5.41) is 4.57. The van der Waals surface area contributed by atoms with Crippen LogP contribution in [0.1, 0.15) is 12.0 Å². The van der Waals surface area contributed by atoms with E-state index in [0.717, 1.165) is 72.5 Å². The number of rotatable bonds is 5. The van der Waals surface area contributed by atoms with Crippen molar-refractivity contribution in [1.29, 1.82) is 0 Å². The van der Waals surface area contributed by atoms with Crippen LogP contribution >= 0.6 is 0 Å². The minimum absolute atomic E-state index is 0.182. The first-order valence-corrected chi connectivity index (χ1v) is 19.4. The SMILES string of the molecule is C1=CCC2C(=C1)c1cc(-c3ccc4c(c3)c3ccccc3n4-c3nc(-c4ccccc4)nc(-c4ccccc4)n3)ccc1N2c1cccc2c1oc1ccccc12. The number of para-hydroxylation sites is 3. The summed E-state index contributed by atoms with van der Waals surface area (Å²) in [7, 11) is 0. The number of benzene rings is 7. The Balaban J connectivity index is 1.01. The van der Waals surface area contributed by atoms with Crippen molar-refractivity contribution in [3.63, 3.8) is 0 Å². The zero-order valence-electron chi connectivity index (χ0n) is 30.7. The Morgan fingerprint density at radius 1 is 0.509 bits per heavy atom. The van der Waals surface area contributed by atoms with Gasteiger partial charge in [-0.05, 0) is 65.6 Å². The fraction of sp³-hybridized carbons (Fsp3) is 0.0392. The van der Waals surface area contributed by atoms with Crippen molar-refractivity contribution in [3.8, 4) is 39.9 Å². The van der Waals surface area contributed by atoms with Gasteiger partial charge in [-0.1, -0.05) is 140 Å². The largest absolute Gasteiger partial charge is 0.454 e. The summed E-state index contributed by atoms with van der Waals surface area (Å²) in [6, 6.07) is 57.5. The first-order chi connectivity index (χ1) is 28.3. The average molecular weight is 732 g/mol. The molecule has 0 N–H and O–H groups in total. The third-order valence-corrected chi connectivity index (χ3v) is 11.5. The molecule has 12 rings (SSSR count). The van der Waals surface area contributed by atoms with Crippen LogP contribution in [-0.2, 0) is 0 Å². The smallest absolute Gasteiger partial charge is 0.238 e. The predicted molar refractivity (Wildman–Crippen MR) is 232 cm³/mol. The molecule has 268 valence electrons. The van der Waals surface area contributed by atoms with Crippen LogP contribution in [0.5, 0.6) is 0 Å². The van der Waals surface area contributed by atoms with Gasteiger partial charge in [0.1, 0.15) is 5.58 Å². The van der Waals surface area contributed by atoms with E-state index in [0.29, 0.717) is 17.6 Å². The number of hydrogen-bond donors (Lipinski definition) is 0. The summed E-state index contributed by atoms with van der Waals surface area (Å²) in [5.74, 6) is 1.86. The molecule has 6 nitrogen and oxygen atoms in total. The zero-order chi connectivity index (χ0) is 37.5. The van der Waals surface area contributed by atoms with Crippen LogP contribution in [0.15, 0.2) is 186 Å². The van der Waals surface area contributed by atoms with Gasteiger partial charge in [0.05, 0.1) is 22.8 Å². The lowest BCUT2D eigenvalue weighted by atomic mass is 9.93. The van der Waals surface area contributed by atoms with Crippen molar-refractivity contribution in [2.24, 2.45) is 0 Å². The van der Waals surface area contributed by atoms with E-state index in [4.69, 9.17) is 19.4 Å². The van der Waals surface area contributed by atoms with E-state index in [1.165, 1.54) is 22.4 Å². The van der Waals surface area contributed by atoms with E-state index in [1.54, 1.807) is 0 Å². The second kappa shape index (κ2) is 12.5. The number of aromatic nitrogens is 4. The van der Waals surface area contributed by atoms with Gasteiger partial charge in [0, 0.05) is 43.9 Å². The van der Waals surface area contributed by atoms with Crippen molar-refractivity contribution in [2.75, 3.05) is 4.90 Å². The Bertz CT molecular complexity index is 3230. The monoisotopic (exact) mass is 731 g/mol. The Morgan fingerprint density at radius 3 is 1.98 bits per heavy atom. The summed E-state index contributed by atoms with van der Waals surface area (Å²) >= 11 is 0. The standard InChI is InChI=1S/C51H33N5O/c1-3-14-32(15-4-1)49-52-50(33-16-5-2-6-17-33)54-51(53-49)56-43-23-11-8-19-37(43)41-31-35(27-29-45(41)56)34-26-28-44-40(30-34)36-18-7-10-22-42(36)55(44)46-24-13-21-39-38-20-9-12-25-47(38)57-48(39)46/h1-21,23-31,42H,22H2. The minimum Gasteiger partial charge on any atom is -0.454 e. The van der Waals surface area contributed by atoms with Crippen LogP contribution in [0, 0.1) is 0 Å². The molecule has 0 fully saturated rings. The highest BCUT2D eigenvalue weighted by Gasteiger charge is 2.36. The second-order valence-electron chi connectivity index (χ2n) is 14.8. The zero-order valence-corrected chi connectivity index (χ0v) is 30.7. The van der Waals surface area contributed by atoms with E-state index in [9.17, 15) is 0 Å². The van der Waals surface area contributed by atoms with Crippen LogP contribution in [0.2, 0.25) is 0 Å². The quantitative estimate of drug-likeness (QED) is 0.176. The molecule has 1 aliphatic carbocycles. The first-order valence-electron chi connectivity index (χ1n) is 19.4. The molecule has 1 atom stereocenters. The van der Waals surface area contributed by atoms with Gasteiger partial charge in [-0.15, -0.1) is 0 Å². The molecular formula is C51H33N5O. The highest BCUT2D eigenvalue weighted by Crippen LogP contribution is 2.51. The summed E-state index contributed by atoms with van der Waals surface area (Å²) in [6.45, 7) is 0. The Labute approximate surface area is 328 Å². The lowest BCUT2D eigenvalue weighted by Crippen LogP contribution is -2.27. The summed E-state index contributed by atoms with van der Waals surface area (Å²) in [5.41, 5.74) is 13.0. The molecule has 6 heteroatoms. The molecule has 0 amide bonds. The highest BCUT2D eigenvalue weighted by atomic mass is 16.3. The fourth-order valence-electron chi connectivity index (χ4n) is 8.94. The van der Waals surface area contributed by atoms with Gasteiger partial charge in [-0.3, -0.25) is 4.57 Å². The number of furan rings is 1. The van der Waals surface area contributed by atoms with E-state index in [-0.39, 0.29) is 6.04 Å². The Kier molecular flexibility index (Phi) is 6.95. The summed E-state index contributed by atoms with van der Waals surface area (Å²) in [6.07, 6.45) is 7.68. The van der Waals surface area contributed by atoms with Crippen LogP contribution in [0.4, 0.5) is 11.4 Å². The third-order valence-electron chi connectivity index (χ3n) is 11.5. The summed E-state index contributed by atoms with van der Waals surface area (Å²) in [4.78, 5) is 17.7. The molecule has 10 aromatic rings. The van der Waals surface area contributed by atoms with Gasteiger partial charge >= 0.3 is 0 Å². The van der Waals surface area contributed by atoms with Gasteiger partial charge in [0.25, 0.3) is 0 Å². The average Bonchev–Trinajstić information content (AvgIpc) is 3.94. The number of anilines is 2. The maximum absolute atomic E-state index is 6.56. The van der Waals surface area contributed by atoms with E-state index < -0.39 is 0 Å². The van der Waals surface area contributed by atoms with E-state index >= 15 is 0 Å². The van der Waals surface area contributed by atoms with Gasteiger partial charge in [-0.25, -0.2) is 4.98 Å². The third kappa shape index (κ3) is 4.94. The van der Waals surface area contributed by atoms with E-state index in [1.807, 2.05) is 66.7 Å².